The highest BCUT2D eigenvalue weighted by Crippen LogP contribution is 2.19. The van der Waals surface area contributed by atoms with Crippen molar-refractivity contribution >= 4 is 23.3 Å². The van der Waals surface area contributed by atoms with Crippen molar-refractivity contribution in [2.75, 3.05) is 11.9 Å². The quantitative estimate of drug-likeness (QED) is 0.437. The summed E-state index contributed by atoms with van der Waals surface area (Å²) in [4.78, 5) is 37.1. The van der Waals surface area contributed by atoms with Crippen molar-refractivity contribution in [2.24, 2.45) is 5.92 Å². The van der Waals surface area contributed by atoms with Gasteiger partial charge in [-0.05, 0) is 47.9 Å². The van der Waals surface area contributed by atoms with E-state index in [0.717, 1.165) is 5.56 Å². The third kappa shape index (κ3) is 7.31. The van der Waals surface area contributed by atoms with E-state index in [0.29, 0.717) is 35.5 Å². The van der Waals surface area contributed by atoms with E-state index in [9.17, 15) is 14.4 Å². The van der Waals surface area contributed by atoms with Crippen LogP contribution in [0.1, 0.15) is 46.5 Å². The standard InChI is InChI=1S/C27H28N2O4/c1-19(2)16-26(31)29-22-14-12-21(13-15-22)24(30)18-33-25-11-7-6-10-23(25)27(32)28-17-20-8-4-3-5-9-20/h3-15,19H,16-18H2,1-2H3,(H,28,32)(H,29,31). The van der Waals surface area contributed by atoms with E-state index in [1.807, 2.05) is 44.2 Å². The van der Waals surface area contributed by atoms with Gasteiger partial charge in [-0.15, -0.1) is 0 Å². The van der Waals surface area contributed by atoms with E-state index in [1.54, 1.807) is 48.5 Å². The number of anilines is 1. The van der Waals surface area contributed by atoms with Gasteiger partial charge in [-0.2, -0.15) is 0 Å². The van der Waals surface area contributed by atoms with Crippen molar-refractivity contribution in [3.8, 4) is 5.75 Å². The van der Waals surface area contributed by atoms with Gasteiger partial charge in [-0.3, -0.25) is 14.4 Å². The number of hydrogen-bond donors (Lipinski definition) is 2. The predicted octanol–water partition coefficient (Wildman–Crippen LogP) is 4.86. The lowest BCUT2D eigenvalue weighted by molar-refractivity contribution is -0.116. The summed E-state index contributed by atoms with van der Waals surface area (Å²) >= 11 is 0. The average Bonchev–Trinajstić information content (AvgIpc) is 2.81. The third-order valence-corrected chi connectivity index (χ3v) is 4.87. The number of carbonyl (C=O) groups is 3. The zero-order valence-electron chi connectivity index (χ0n) is 18.8. The molecule has 0 spiro atoms. The minimum absolute atomic E-state index is 0.0606. The van der Waals surface area contributed by atoms with Gasteiger partial charge in [-0.25, -0.2) is 0 Å². The summed E-state index contributed by atoms with van der Waals surface area (Å²) in [5, 5.41) is 5.68. The highest BCUT2D eigenvalue weighted by molar-refractivity contribution is 5.99. The molecule has 2 N–H and O–H groups in total. The van der Waals surface area contributed by atoms with E-state index in [1.165, 1.54) is 0 Å². The molecule has 6 nitrogen and oxygen atoms in total. The molecule has 33 heavy (non-hydrogen) atoms. The lowest BCUT2D eigenvalue weighted by atomic mass is 10.1. The number of ether oxygens (including phenoxy) is 1. The number of rotatable bonds is 10. The van der Waals surface area contributed by atoms with E-state index < -0.39 is 0 Å². The molecular formula is C27H28N2O4. The van der Waals surface area contributed by atoms with Crippen molar-refractivity contribution < 1.29 is 19.1 Å². The molecule has 170 valence electrons. The zero-order valence-corrected chi connectivity index (χ0v) is 18.8. The number of para-hydroxylation sites is 1. The molecule has 3 rings (SSSR count). The third-order valence-electron chi connectivity index (χ3n) is 4.87. The Balaban J connectivity index is 1.57. The number of ketones is 1. The van der Waals surface area contributed by atoms with Crippen LogP contribution >= 0.6 is 0 Å². The van der Waals surface area contributed by atoms with Crippen LogP contribution in [0, 0.1) is 5.92 Å². The molecule has 0 aromatic heterocycles. The van der Waals surface area contributed by atoms with Gasteiger partial charge in [0.25, 0.3) is 5.91 Å². The first-order valence-electron chi connectivity index (χ1n) is 10.9. The van der Waals surface area contributed by atoms with Crippen molar-refractivity contribution in [2.45, 2.75) is 26.8 Å². The summed E-state index contributed by atoms with van der Waals surface area (Å²) in [5.74, 6) is 0.0489. The van der Waals surface area contributed by atoms with Crippen LogP contribution < -0.4 is 15.4 Å². The molecule has 6 heteroatoms. The van der Waals surface area contributed by atoms with Crippen LogP contribution in [-0.4, -0.2) is 24.2 Å². The van der Waals surface area contributed by atoms with Gasteiger partial charge < -0.3 is 15.4 Å². The summed E-state index contributed by atoms with van der Waals surface area (Å²) in [5.41, 5.74) is 2.45. The fourth-order valence-corrected chi connectivity index (χ4v) is 3.20. The molecule has 0 saturated heterocycles. The fourth-order valence-electron chi connectivity index (χ4n) is 3.20. The van der Waals surface area contributed by atoms with Gasteiger partial charge in [0.15, 0.2) is 12.4 Å². The molecule has 0 aliphatic rings. The summed E-state index contributed by atoms with van der Waals surface area (Å²) in [7, 11) is 0. The maximum atomic E-state index is 12.6. The molecule has 0 radical (unpaired) electrons. The Hall–Kier alpha value is -3.93. The number of hydrogen-bond acceptors (Lipinski definition) is 4. The minimum atomic E-state index is -0.275. The number of benzene rings is 3. The van der Waals surface area contributed by atoms with E-state index in [2.05, 4.69) is 10.6 Å². The molecule has 3 aromatic carbocycles. The largest absolute Gasteiger partial charge is 0.485 e. The van der Waals surface area contributed by atoms with Crippen LogP contribution in [-0.2, 0) is 11.3 Å². The summed E-state index contributed by atoms with van der Waals surface area (Å²) in [6.07, 6.45) is 0.437. The van der Waals surface area contributed by atoms with Crippen molar-refractivity contribution in [1.29, 1.82) is 0 Å². The monoisotopic (exact) mass is 444 g/mol. The number of nitrogens with one attached hydrogen (secondary N) is 2. The second kappa shape index (κ2) is 11.6. The van der Waals surface area contributed by atoms with Crippen molar-refractivity contribution in [3.05, 3.63) is 95.6 Å². The Kier molecular flexibility index (Phi) is 8.36. The van der Waals surface area contributed by atoms with Crippen LogP contribution in [0.3, 0.4) is 0 Å². The smallest absolute Gasteiger partial charge is 0.255 e. The number of carbonyl (C=O) groups excluding carboxylic acids is 3. The van der Waals surface area contributed by atoms with Crippen LogP contribution in [0.4, 0.5) is 5.69 Å². The molecular weight excluding hydrogens is 416 g/mol. The summed E-state index contributed by atoms with van der Waals surface area (Å²) < 4.78 is 5.68. The lowest BCUT2D eigenvalue weighted by Gasteiger charge is -2.12. The van der Waals surface area contributed by atoms with E-state index in [-0.39, 0.29) is 30.1 Å². The van der Waals surface area contributed by atoms with Crippen molar-refractivity contribution in [3.63, 3.8) is 0 Å². The summed E-state index contributed by atoms with van der Waals surface area (Å²) in [6.45, 7) is 4.15. The molecule has 0 atom stereocenters. The molecule has 0 saturated carbocycles. The minimum Gasteiger partial charge on any atom is -0.485 e. The average molecular weight is 445 g/mol. The molecule has 2 amide bonds. The first-order valence-corrected chi connectivity index (χ1v) is 10.9. The second-order valence-corrected chi connectivity index (χ2v) is 8.10. The van der Waals surface area contributed by atoms with Gasteiger partial charge in [0.1, 0.15) is 5.75 Å². The Morgan fingerprint density at radius 3 is 2.21 bits per heavy atom. The molecule has 3 aromatic rings. The molecule has 0 aliphatic heterocycles. The number of amides is 2. The highest BCUT2D eigenvalue weighted by atomic mass is 16.5. The van der Waals surface area contributed by atoms with Crippen LogP contribution in [0.15, 0.2) is 78.9 Å². The van der Waals surface area contributed by atoms with Gasteiger partial charge in [0.2, 0.25) is 5.91 Å². The SMILES string of the molecule is CC(C)CC(=O)Nc1ccc(C(=O)COc2ccccc2C(=O)NCc2ccccc2)cc1. The van der Waals surface area contributed by atoms with Gasteiger partial charge in [0, 0.05) is 24.2 Å². The maximum absolute atomic E-state index is 12.6. The van der Waals surface area contributed by atoms with Gasteiger partial charge in [-0.1, -0.05) is 56.3 Å². The Morgan fingerprint density at radius 1 is 0.848 bits per heavy atom. The second-order valence-electron chi connectivity index (χ2n) is 8.10. The topological polar surface area (TPSA) is 84.5 Å². The summed E-state index contributed by atoms with van der Waals surface area (Å²) in [6, 6.07) is 23.1. The van der Waals surface area contributed by atoms with E-state index >= 15 is 0 Å². The first-order chi connectivity index (χ1) is 15.9. The predicted molar refractivity (Wildman–Crippen MR) is 128 cm³/mol. The normalized spacial score (nSPS) is 10.5. The van der Waals surface area contributed by atoms with Crippen molar-refractivity contribution in [1.82, 2.24) is 5.32 Å². The first kappa shape index (κ1) is 23.7. The van der Waals surface area contributed by atoms with Gasteiger partial charge in [0.05, 0.1) is 5.56 Å². The molecule has 0 heterocycles. The lowest BCUT2D eigenvalue weighted by Crippen LogP contribution is -2.24. The number of Topliss-reactive ketones (excluding diaryl/α,β-unsaturated/α-hetero) is 1. The molecule has 0 aliphatic carbocycles. The van der Waals surface area contributed by atoms with E-state index in [4.69, 9.17) is 4.74 Å². The Labute approximate surface area is 194 Å². The van der Waals surface area contributed by atoms with Crippen LogP contribution in [0.2, 0.25) is 0 Å². The molecule has 0 unspecified atom stereocenters. The Morgan fingerprint density at radius 2 is 1.52 bits per heavy atom. The molecule has 0 fully saturated rings. The molecule has 0 bridgehead atoms. The Bertz CT molecular complexity index is 1090. The van der Waals surface area contributed by atoms with Gasteiger partial charge >= 0.3 is 0 Å². The van der Waals surface area contributed by atoms with Crippen LogP contribution in [0.25, 0.3) is 0 Å². The zero-order chi connectivity index (χ0) is 23.6. The van der Waals surface area contributed by atoms with Crippen LogP contribution in [0.5, 0.6) is 5.75 Å². The maximum Gasteiger partial charge on any atom is 0.255 e. The highest BCUT2D eigenvalue weighted by Gasteiger charge is 2.14. The fraction of sp³-hybridized carbons (Fsp3) is 0.222.